The molecule has 35 heavy (non-hydrogen) atoms. The van der Waals surface area contributed by atoms with Crippen molar-refractivity contribution in [2.75, 3.05) is 49.4 Å². The highest BCUT2D eigenvalue weighted by Crippen LogP contribution is 2.27. The second-order valence-corrected chi connectivity index (χ2v) is 11.5. The molecule has 1 rings (SSSR count). The molecule has 0 bridgehead atoms. The first kappa shape index (κ1) is 32.7. The van der Waals surface area contributed by atoms with E-state index in [9.17, 15) is 5.11 Å². The van der Waals surface area contributed by atoms with Crippen LogP contribution in [0.25, 0.3) is 0 Å². The Morgan fingerprint density at radius 1 is 0.657 bits per heavy atom. The third-order valence-electron chi connectivity index (χ3n) is 6.81. The van der Waals surface area contributed by atoms with E-state index in [1.54, 1.807) is 11.8 Å². The van der Waals surface area contributed by atoms with Crippen molar-refractivity contribution in [1.29, 1.82) is 0 Å². The summed E-state index contributed by atoms with van der Waals surface area (Å²) in [5.74, 6) is 4.68. The summed E-state index contributed by atoms with van der Waals surface area (Å²) < 4.78 is 0. The molecule has 0 aliphatic rings. The van der Waals surface area contributed by atoms with E-state index >= 15 is 0 Å². The molecule has 2 atom stereocenters. The monoisotopic (exact) mass is 532 g/mol. The van der Waals surface area contributed by atoms with Gasteiger partial charge in [-0.05, 0) is 79.3 Å². The van der Waals surface area contributed by atoms with Crippen LogP contribution in [0.2, 0.25) is 0 Å². The van der Waals surface area contributed by atoms with Gasteiger partial charge in [0.05, 0.1) is 33.0 Å². The highest BCUT2D eigenvalue weighted by Gasteiger charge is 2.17. The van der Waals surface area contributed by atoms with Gasteiger partial charge in [0.15, 0.2) is 0 Å². The van der Waals surface area contributed by atoms with Gasteiger partial charge in [-0.2, -0.15) is 23.5 Å². The summed E-state index contributed by atoms with van der Waals surface area (Å²) in [7, 11) is 0. The molecular weight excluding hydrogens is 484 g/mol. The zero-order chi connectivity index (χ0) is 26.1. The van der Waals surface area contributed by atoms with Crippen LogP contribution in [0.15, 0.2) is 0 Å². The molecule has 1 aromatic rings. The molecule has 1 aromatic carbocycles. The Hall–Kier alpha value is -0.320. The normalized spacial score (nSPS) is 13.4. The lowest BCUT2D eigenvalue weighted by molar-refractivity contribution is -0.313. The van der Waals surface area contributed by atoms with Gasteiger partial charge in [0.1, 0.15) is 6.61 Å². The first-order valence-electron chi connectivity index (χ1n) is 12.8. The first-order chi connectivity index (χ1) is 16.9. The van der Waals surface area contributed by atoms with Crippen LogP contribution in [0, 0.1) is 39.5 Å². The van der Waals surface area contributed by atoms with Gasteiger partial charge in [-0.3, -0.25) is 0 Å². The largest absolute Gasteiger partial charge is 0.396 e. The molecule has 0 heterocycles. The molecule has 0 saturated heterocycles. The predicted octanol–water partition coefficient (Wildman–Crippen LogP) is 5.71. The van der Waals surface area contributed by atoms with Gasteiger partial charge in [0, 0.05) is 23.0 Å². The smallest absolute Gasteiger partial charge is 0.108 e. The quantitative estimate of drug-likeness (QED) is 0.118. The SMILES string of the molecule is CCC(COOCCSCCSCCO)CC(CC)COOCc1c(C)c(C)c(CO)c(C)c1C. The van der Waals surface area contributed by atoms with Gasteiger partial charge in [0.2, 0.25) is 0 Å². The first-order valence-corrected chi connectivity index (χ1v) is 15.2. The summed E-state index contributed by atoms with van der Waals surface area (Å²) in [6.07, 6.45) is 3.07. The zero-order valence-corrected chi connectivity index (χ0v) is 24.3. The molecule has 0 radical (unpaired) electrons. The summed E-state index contributed by atoms with van der Waals surface area (Å²) in [6, 6.07) is 0. The Bertz CT molecular complexity index is 672. The maximum atomic E-state index is 9.69. The van der Waals surface area contributed by atoms with Gasteiger partial charge in [0.25, 0.3) is 0 Å². The van der Waals surface area contributed by atoms with Crippen molar-refractivity contribution in [2.24, 2.45) is 11.8 Å². The molecule has 2 unspecified atom stereocenters. The maximum Gasteiger partial charge on any atom is 0.108 e. The van der Waals surface area contributed by atoms with E-state index in [2.05, 4.69) is 41.5 Å². The van der Waals surface area contributed by atoms with Crippen LogP contribution >= 0.6 is 23.5 Å². The fourth-order valence-corrected chi connectivity index (χ4v) is 5.69. The molecule has 6 nitrogen and oxygen atoms in total. The van der Waals surface area contributed by atoms with E-state index < -0.39 is 0 Å². The number of hydrogen-bond donors (Lipinski definition) is 2. The molecule has 204 valence electrons. The highest BCUT2D eigenvalue weighted by molar-refractivity contribution is 8.02. The van der Waals surface area contributed by atoms with Crippen molar-refractivity contribution < 1.29 is 29.8 Å². The van der Waals surface area contributed by atoms with E-state index in [-0.39, 0.29) is 13.2 Å². The van der Waals surface area contributed by atoms with Gasteiger partial charge in [-0.15, -0.1) is 0 Å². The average Bonchev–Trinajstić information content (AvgIpc) is 2.86. The van der Waals surface area contributed by atoms with E-state index in [4.69, 9.17) is 24.7 Å². The Balaban J connectivity index is 2.31. The summed E-state index contributed by atoms with van der Waals surface area (Å²) in [4.78, 5) is 22.2. The minimum absolute atomic E-state index is 0.0623. The number of rotatable bonds is 21. The fourth-order valence-electron chi connectivity index (χ4n) is 4.03. The van der Waals surface area contributed by atoms with Crippen LogP contribution in [0.4, 0.5) is 0 Å². The summed E-state index contributed by atoms with van der Waals surface area (Å²) in [5, 5.41) is 18.5. The Labute approximate surface area is 221 Å². The van der Waals surface area contributed by atoms with Crippen molar-refractivity contribution in [1.82, 2.24) is 0 Å². The molecule has 2 N–H and O–H groups in total. The van der Waals surface area contributed by atoms with Crippen molar-refractivity contribution in [3.8, 4) is 0 Å². The lowest BCUT2D eigenvalue weighted by atomic mass is 9.89. The second kappa shape index (κ2) is 19.7. The molecular formula is C27H48O6S2. The lowest BCUT2D eigenvalue weighted by Crippen LogP contribution is -2.18. The van der Waals surface area contributed by atoms with Crippen LogP contribution in [0.1, 0.15) is 66.5 Å². The second-order valence-electron chi connectivity index (χ2n) is 9.00. The van der Waals surface area contributed by atoms with Crippen LogP contribution in [0.5, 0.6) is 0 Å². The Morgan fingerprint density at radius 3 is 1.69 bits per heavy atom. The van der Waals surface area contributed by atoms with Crippen molar-refractivity contribution in [3.05, 3.63) is 33.4 Å². The van der Waals surface area contributed by atoms with Crippen molar-refractivity contribution >= 4 is 23.5 Å². The standard InChI is InChI=1S/C27H48O6S2/c1-7-24(17-31-30-10-12-35-14-13-34-11-9-28)15-25(8-2)18-32-33-19-27-22(5)20(3)26(16-29)21(4)23(27)6/h24-25,28-29H,7-19H2,1-6H3. The van der Waals surface area contributed by atoms with Gasteiger partial charge in [-0.25, -0.2) is 19.6 Å². The number of aliphatic hydroxyl groups excluding tert-OH is 2. The third kappa shape index (κ3) is 12.2. The molecule has 0 aromatic heterocycles. The Kier molecular flexibility index (Phi) is 18.5. The fraction of sp³-hybridized carbons (Fsp3) is 0.778. The topological polar surface area (TPSA) is 77.4 Å². The minimum Gasteiger partial charge on any atom is -0.396 e. The van der Waals surface area contributed by atoms with E-state index in [1.807, 2.05) is 11.8 Å². The molecule has 0 saturated carbocycles. The predicted molar refractivity (Wildman–Crippen MR) is 148 cm³/mol. The molecule has 8 heteroatoms. The lowest BCUT2D eigenvalue weighted by Gasteiger charge is -2.22. The van der Waals surface area contributed by atoms with Crippen molar-refractivity contribution in [2.45, 2.75) is 74.0 Å². The van der Waals surface area contributed by atoms with Crippen molar-refractivity contribution in [3.63, 3.8) is 0 Å². The minimum atomic E-state index is 0.0623. The van der Waals surface area contributed by atoms with E-state index in [1.165, 1.54) is 0 Å². The van der Waals surface area contributed by atoms with Gasteiger partial charge in [-0.1, -0.05) is 26.7 Å². The van der Waals surface area contributed by atoms with Crippen LogP contribution in [-0.4, -0.2) is 59.7 Å². The number of hydrogen-bond acceptors (Lipinski definition) is 8. The maximum absolute atomic E-state index is 9.69. The van der Waals surface area contributed by atoms with E-state index in [0.717, 1.165) is 75.7 Å². The van der Waals surface area contributed by atoms with Crippen LogP contribution in [0.3, 0.4) is 0 Å². The molecule has 0 amide bonds. The van der Waals surface area contributed by atoms with E-state index in [0.29, 0.717) is 38.3 Å². The zero-order valence-electron chi connectivity index (χ0n) is 22.7. The molecule has 0 aliphatic heterocycles. The highest BCUT2D eigenvalue weighted by atomic mass is 32.2. The van der Waals surface area contributed by atoms with Gasteiger partial charge < -0.3 is 10.2 Å². The van der Waals surface area contributed by atoms with Crippen LogP contribution in [-0.2, 0) is 32.8 Å². The summed E-state index contributed by atoms with van der Waals surface area (Å²) >= 11 is 3.62. The average molecular weight is 533 g/mol. The van der Waals surface area contributed by atoms with Gasteiger partial charge >= 0.3 is 0 Å². The molecule has 0 spiro atoms. The van der Waals surface area contributed by atoms with Crippen LogP contribution < -0.4 is 0 Å². The third-order valence-corrected chi connectivity index (χ3v) is 8.98. The summed E-state index contributed by atoms with van der Waals surface area (Å²) in [6.45, 7) is 15.1. The summed E-state index contributed by atoms with van der Waals surface area (Å²) in [5.41, 5.74) is 6.74. The number of benzene rings is 1. The number of aliphatic hydroxyl groups is 2. The number of thioether (sulfide) groups is 2. The Morgan fingerprint density at radius 2 is 1.17 bits per heavy atom. The molecule has 0 fully saturated rings. The molecule has 0 aliphatic carbocycles.